The molecule has 1 amide bonds. The van der Waals surface area contributed by atoms with E-state index in [9.17, 15) is 9.18 Å². The third-order valence-corrected chi connectivity index (χ3v) is 5.18. The number of rotatable bonds is 5. The number of carbonyl (C=O) groups excluding carboxylic acids is 1. The number of halogens is 1. The predicted octanol–water partition coefficient (Wildman–Crippen LogP) is 3.96. The highest BCUT2D eigenvalue weighted by molar-refractivity contribution is 7.98. The molecule has 0 spiro atoms. The Bertz CT molecular complexity index is 888. The van der Waals surface area contributed by atoms with Gasteiger partial charge in [0.15, 0.2) is 5.16 Å². The van der Waals surface area contributed by atoms with E-state index < -0.39 is 0 Å². The average Bonchev–Trinajstić information content (AvgIpc) is 3.22. The molecule has 0 atom stereocenters. The van der Waals surface area contributed by atoms with Crippen molar-refractivity contribution in [1.82, 2.24) is 19.7 Å². The lowest BCUT2D eigenvalue weighted by molar-refractivity contribution is 0.102. The van der Waals surface area contributed by atoms with Crippen molar-refractivity contribution in [2.45, 2.75) is 24.9 Å². The van der Waals surface area contributed by atoms with Crippen molar-refractivity contribution in [2.24, 2.45) is 0 Å². The lowest BCUT2D eigenvalue weighted by Gasteiger charge is -2.10. The van der Waals surface area contributed by atoms with Gasteiger partial charge in [-0.2, -0.15) is 0 Å². The third kappa shape index (κ3) is 3.72. The minimum atomic E-state index is -0.344. The van der Waals surface area contributed by atoms with Crippen molar-refractivity contribution in [1.29, 1.82) is 0 Å². The molecule has 1 aromatic carbocycles. The minimum absolute atomic E-state index is 0.246. The van der Waals surface area contributed by atoms with Gasteiger partial charge in [-0.1, -0.05) is 36.9 Å². The van der Waals surface area contributed by atoms with Crippen LogP contribution < -0.4 is 5.32 Å². The summed E-state index contributed by atoms with van der Waals surface area (Å²) >= 11 is 2.74. The van der Waals surface area contributed by atoms with Crippen molar-refractivity contribution < 1.29 is 9.18 Å². The quantitative estimate of drug-likeness (QED) is 0.682. The summed E-state index contributed by atoms with van der Waals surface area (Å²) in [6.45, 7) is 4.03. The molecule has 0 fully saturated rings. The second-order valence-electron chi connectivity index (χ2n) is 5.50. The number of nitrogens with zero attached hydrogens (tertiary/aromatic N) is 4. The summed E-state index contributed by atoms with van der Waals surface area (Å²) in [6, 6.07) is 5.91. The Morgan fingerprint density at radius 3 is 2.60 bits per heavy atom. The standard InChI is InChI=1S/C16H16FN5OS2/c1-9(2)14-20-21-15(25-14)19-13(23)12-8-18-16(24-3)22(12)11-6-4-10(17)5-7-11/h4-9H,1-3H3,(H,19,21,23). The zero-order valence-corrected chi connectivity index (χ0v) is 15.5. The van der Waals surface area contributed by atoms with Crippen LogP contribution in [0.1, 0.15) is 35.3 Å². The first-order valence-corrected chi connectivity index (χ1v) is 9.56. The summed E-state index contributed by atoms with van der Waals surface area (Å²) in [6.07, 6.45) is 3.36. The first kappa shape index (κ1) is 17.6. The number of hydrogen-bond acceptors (Lipinski definition) is 6. The minimum Gasteiger partial charge on any atom is -0.295 e. The molecule has 2 aromatic heterocycles. The highest BCUT2D eigenvalue weighted by Crippen LogP contribution is 2.25. The van der Waals surface area contributed by atoms with E-state index in [1.165, 1.54) is 41.4 Å². The number of thioether (sulfide) groups is 1. The van der Waals surface area contributed by atoms with Crippen LogP contribution in [0.3, 0.4) is 0 Å². The van der Waals surface area contributed by atoms with Crippen molar-refractivity contribution in [3.05, 3.63) is 47.0 Å². The van der Waals surface area contributed by atoms with E-state index in [0.29, 0.717) is 21.7 Å². The maximum absolute atomic E-state index is 13.2. The summed E-state index contributed by atoms with van der Waals surface area (Å²) in [7, 11) is 0. The number of carbonyl (C=O) groups is 1. The molecular weight excluding hydrogens is 361 g/mol. The Balaban J connectivity index is 1.92. The van der Waals surface area contributed by atoms with Gasteiger partial charge in [0.2, 0.25) is 5.13 Å². The Morgan fingerprint density at radius 2 is 2.00 bits per heavy atom. The van der Waals surface area contributed by atoms with E-state index in [2.05, 4.69) is 20.5 Å². The molecule has 2 heterocycles. The monoisotopic (exact) mass is 377 g/mol. The molecule has 3 rings (SSSR count). The van der Waals surface area contributed by atoms with Crippen LogP contribution in [0, 0.1) is 5.82 Å². The van der Waals surface area contributed by atoms with Crippen LogP contribution in [0.15, 0.2) is 35.6 Å². The van der Waals surface area contributed by atoms with Gasteiger partial charge in [0.1, 0.15) is 16.5 Å². The zero-order valence-electron chi connectivity index (χ0n) is 13.9. The number of anilines is 1. The SMILES string of the molecule is CSc1ncc(C(=O)Nc2nnc(C(C)C)s2)n1-c1ccc(F)cc1. The van der Waals surface area contributed by atoms with Gasteiger partial charge in [-0.3, -0.25) is 14.7 Å². The van der Waals surface area contributed by atoms with Crippen LogP contribution in [-0.2, 0) is 0 Å². The van der Waals surface area contributed by atoms with E-state index in [1.807, 2.05) is 20.1 Å². The Labute approximate surface area is 152 Å². The summed E-state index contributed by atoms with van der Waals surface area (Å²) in [5.41, 5.74) is 1.01. The van der Waals surface area contributed by atoms with Crippen molar-refractivity contribution in [3.63, 3.8) is 0 Å². The number of imidazole rings is 1. The summed E-state index contributed by atoms with van der Waals surface area (Å²) in [5.74, 6) is -0.435. The molecule has 0 unspecified atom stereocenters. The Kier molecular flexibility index (Phi) is 5.14. The molecule has 0 saturated carbocycles. The van der Waals surface area contributed by atoms with E-state index in [4.69, 9.17) is 0 Å². The van der Waals surface area contributed by atoms with E-state index >= 15 is 0 Å². The second kappa shape index (κ2) is 7.32. The molecule has 1 N–H and O–H groups in total. The van der Waals surface area contributed by atoms with Gasteiger partial charge in [0, 0.05) is 11.6 Å². The molecule has 25 heavy (non-hydrogen) atoms. The predicted molar refractivity (Wildman–Crippen MR) is 97.3 cm³/mol. The third-order valence-electron chi connectivity index (χ3n) is 3.38. The number of nitrogens with one attached hydrogen (secondary N) is 1. The summed E-state index contributed by atoms with van der Waals surface area (Å²) in [5, 5.41) is 12.7. The largest absolute Gasteiger partial charge is 0.295 e. The lowest BCUT2D eigenvalue weighted by Crippen LogP contribution is -2.16. The van der Waals surface area contributed by atoms with Gasteiger partial charge in [-0.15, -0.1) is 10.2 Å². The van der Waals surface area contributed by atoms with Crippen LogP contribution >= 0.6 is 23.1 Å². The number of hydrogen-bond donors (Lipinski definition) is 1. The second-order valence-corrected chi connectivity index (χ2v) is 7.28. The highest BCUT2D eigenvalue weighted by Gasteiger charge is 2.19. The van der Waals surface area contributed by atoms with Crippen molar-refractivity contribution in [2.75, 3.05) is 11.6 Å². The molecule has 0 radical (unpaired) electrons. The number of aromatic nitrogens is 4. The van der Waals surface area contributed by atoms with Gasteiger partial charge in [0.25, 0.3) is 5.91 Å². The van der Waals surface area contributed by atoms with Crippen LogP contribution in [0.4, 0.5) is 9.52 Å². The number of amides is 1. The number of benzene rings is 1. The fourth-order valence-electron chi connectivity index (χ4n) is 2.16. The molecule has 0 aliphatic rings. The van der Waals surface area contributed by atoms with Crippen LogP contribution in [0.25, 0.3) is 5.69 Å². The van der Waals surface area contributed by atoms with Crippen LogP contribution in [0.2, 0.25) is 0 Å². The first-order valence-electron chi connectivity index (χ1n) is 7.52. The molecule has 130 valence electrons. The molecule has 3 aromatic rings. The van der Waals surface area contributed by atoms with Gasteiger partial charge in [-0.25, -0.2) is 9.37 Å². The molecule has 0 saturated heterocycles. The molecule has 0 aliphatic heterocycles. The lowest BCUT2D eigenvalue weighted by atomic mass is 10.2. The fourth-order valence-corrected chi connectivity index (χ4v) is 3.44. The maximum Gasteiger partial charge on any atom is 0.276 e. The molecule has 0 aliphatic carbocycles. The fraction of sp³-hybridized carbons (Fsp3) is 0.250. The van der Waals surface area contributed by atoms with Gasteiger partial charge in [-0.05, 0) is 30.5 Å². The van der Waals surface area contributed by atoms with Crippen molar-refractivity contribution in [3.8, 4) is 5.69 Å². The van der Waals surface area contributed by atoms with E-state index in [-0.39, 0.29) is 17.6 Å². The van der Waals surface area contributed by atoms with Gasteiger partial charge in [0.05, 0.1) is 6.20 Å². The van der Waals surface area contributed by atoms with E-state index in [1.54, 1.807) is 16.7 Å². The summed E-state index contributed by atoms with van der Waals surface area (Å²) < 4.78 is 14.9. The Hall–Kier alpha value is -2.26. The smallest absolute Gasteiger partial charge is 0.276 e. The van der Waals surface area contributed by atoms with Crippen LogP contribution in [-0.4, -0.2) is 31.9 Å². The summed E-state index contributed by atoms with van der Waals surface area (Å²) in [4.78, 5) is 16.9. The molecule has 0 bridgehead atoms. The maximum atomic E-state index is 13.2. The Morgan fingerprint density at radius 1 is 1.28 bits per heavy atom. The average molecular weight is 377 g/mol. The van der Waals surface area contributed by atoms with E-state index in [0.717, 1.165) is 5.01 Å². The zero-order chi connectivity index (χ0) is 18.0. The molecule has 6 nitrogen and oxygen atoms in total. The molecule has 9 heteroatoms. The van der Waals surface area contributed by atoms with Crippen LogP contribution in [0.5, 0.6) is 0 Å². The first-order chi connectivity index (χ1) is 12.0. The van der Waals surface area contributed by atoms with Gasteiger partial charge < -0.3 is 0 Å². The topological polar surface area (TPSA) is 72.7 Å². The van der Waals surface area contributed by atoms with Crippen molar-refractivity contribution >= 4 is 34.1 Å². The normalized spacial score (nSPS) is 11.1. The highest BCUT2D eigenvalue weighted by atomic mass is 32.2. The molecular formula is C16H16FN5OS2. The van der Waals surface area contributed by atoms with Gasteiger partial charge >= 0.3 is 0 Å².